The van der Waals surface area contributed by atoms with Crippen LogP contribution >= 0.6 is 70.6 Å². The third-order valence-corrected chi connectivity index (χ3v) is 17.4. The van der Waals surface area contributed by atoms with Gasteiger partial charge in [-0.15, -0.1) is 70.6 Å². The molecule has 1 nitrogen and oxygen atoms in total. The van der Waals surface area contributed by atoms with Crippen LogP contribution in [0.3, 0.4) is 0 Å². The van der Waals surface area contributed by atoms with E-state index >= 15 is 0 Å². The summed E-state index contributed by atoms with van der Waals surface area (Å²) >= 11 is 11.8. The van der Waals surface area contributed by atoms with Gasteiger partial charge in [-0.1, -0.05) is 109 Å². The van der Waals surface area contributed by atoms with Gasteiger partial charge in [0.25, 0.3) is 0 Å². The third-order valence-electron chi connectivity index (χ3n) is 9.61. The van der Waals surface area contributed by atoms with Gasteiger partial charge in [0.15, 0.2) is 0 Å². The fraction of sp³-hybridized carbons (Fsp3) is 0.125. The first-order valence-corrected chi connectivity index (χ1v) is 24.5. The lowest BCUT2D eigenvalue weighted by Gasteiger charge is -2.26. The van der Waals surface area contributed by atoms with Crippen LogP contribution in [0.5, 0.6) is 0 Å². The topological polar surface area (TPSA) is 3.24 Å². The molecular weight excluding hydrogens is 783 g/mol. The zero-order chi connectivity index (χ0) is 36.8. The summed E-state index contributed by atoms with van der Waals surface area (Å²) in [4.78, 5) is 10.8. The molecule has 0 spiro atoms. The molecule has 0 fully saturated rings. The van der Waals surface area contributed by atoms with Gasteiger partial charge in [0.1, 0.15) is 0 Å². The van der Waals surface area contributed by atoms with Crippen LogP contribution in [0, 0.1) is 0 Å². The van der Waals surface area contributed by atoms with Crippen molar-refractivity contribution in [3.05, 3.63) is 161 Å². The lowest BCUT2D eigenvalue weighted by molar-refractivity contribution is 1.21. The second-order valence-electron chi connectivity index (χ2n) is 13.2. The summed E-state index contributed by atoms with van der Waals surface area (Å²) < 4.78 is 0. The average molecular weight is 822 g/mol. The van der Waals surface area contributed by atoms with Gasteiger partial charge in [-0.3, -0.25) is 0 Å². The molecule has 0 saturated carbocycles. The number of hydrogen-bond acceptors (Lipinski definition) is 7. The number of anilines is 3. The molecule has 0 saturated heterocycles. The predicted octanol–water partition coefficient (Wildman–Crippen LogP) is 15.3. The molecule has 55 heavy (non-hydrogen) atoms. The van der Waals surface area contributed by atoms with Crippen molar-refractivity contribution in [1.29, 1.82) is 0 Å². The lowest BCUT2D eigenvalue weighted by atomic mass is 10.1. The minimum atomic E-state index is 1.13. The van der Waals surface area contributed by atoms with E-state index in [0.29, 0.717) is 0 Å². The summed E-state index contributed by atoms with van der Waals surface area (Å²) in [5, 5.41) is 0. The molecule has 272 valence electrons. The number of thioether (sulfide) groups is 6. The van der Waals surface area contributed by atoms with E-state index in [4.69, 9.17) is 0 Å². The van der Waals surface area contributed by atoms with Crippen molar-refractivity contribution < 1.29 is 0 Å². The van der Waals surface area contributed by atoms with Gasteiger partial charge in [-0.05, 0) is 88.0 Å². The van der Waals surface area contributed by atoms with Gasteiger partial charge in [-0.25, -0.2) is 0 Å². The van der Waals surface area contributed by atoms with Crippen LogP contribution < -0.4 is 4.90 Å². The first-order chi connectivity index (χ1) is 27.2. The van der Waals surface area contributed by atoms with Crippen molar-refractivity contribution in [2.75, 3.05) is 39.4 Å². The number of rotatable bonds is 9. The molecule has 3 heterocycles. The van der Waals surface area contributed by atoms with E-state index in [1.54, 1.807) is 0 Å². The molecule has 6 aromatic rings. The van der Waals surface area contributed by atoms with Crippen LogP contribution in [-0.4, -0.2) is 34.5 Å². The maximum Gasteiger partial charge on any atom is 0.0462 e. The molecule has 3 aliphatic rings. The Bertz CT molecular complexity index is 2110. The SMILES string of the molecule is C(=C\c1cccc2c1SCCS2)/c1ccc(N(c2ccc(/C=C/c3cccc4c3SCCS4)cc2)c2ccc(/C=C/c3cccc4c3SCCS4)cc2)cc1. The van der Waals surface area contributed by atoms with Crippen LogP contribution in [0.2, 0.25) is 0 Å². The first-order valence-electron chi connectivity index (χ1n) is 18.6. The Hall–Kier alpha value is -3.56. The quantitative estimate of drug-likeness (QED) is 0.132. The van der Waals surface area contributed by atoms with Gasteiger partial charge in [0.05, 0.1) is 0 Å². The van der Waals surface area contributed by atoms with Gasteiger partial charge >= 0.3 is 0 Å². The third kappa shape index (κ3) is 8.73. The highest BCUT2D eigenvalue weighted by molar-refractivity contribution is 8.06. The van der Waals surface area contributed by atoms with Crippen molar-refractivity contribution >= 4 is 124 Å². The minimum Gasteiger partial charge on any atom is -0.311 e. The average Bonchev–Trinajstić information content (AvgIpc) is 3.25. The van der Waals surface area contributed by atoms with Crippen molar-refractivity contribution in [3.8, 4) is 0 Å². The van der Waals surface area contributed by atoms with Crippen LogP contribution in [0.25, 0.3) is 36.5 Å². The number of nitrogens with zero attached hydrogens (tertiary/aromatic N) is 1. The molecule has 9 rings (SSSR count). The van der Waals surface area contributed by atoms with Gasteiger partial charge in [0.2, 0.25) is 0 Å². The highest BCUT2D eigenvalue weighted by atomic mass is 32.2. The van der Waals surface area contributed by atoms with E-state index in [-0.39, 0.29) is 0 Å². The summed E-state index contributed by atoms with van der Waals surface area (Å²) in [6, 6.07) is 46.9. The highest BCUT2D eigenvalue weighted by Gasteiger charge is 2.16. The summed E-state index contributed by atoms with van der Waals surface area (Å²) in [5.41, 5.74) is 10.9. The predicted molar refractivity (Wildman–Crippen MR) is 252 cm³/mol. The van der Waals surface area contributed by atoms with E-state index in [1.165, 1.54) is 97.3 Å². The van der Waals surface area contributed by atoms with Crippen molar-refractivity contribution in [2.24, 2.45) is 0 Å². The van der Waals surface area contributed by atoms with E-state index in [2.05, 4.69) is 169 Å². The molecule has 3 aliphatic heterocycles. The molecule has 7 heteroatoms. The van der Waals surface area contributed by atoms with Crippen LogP contribution in [-0.2, 0) is 0 Å². The van der Waals surface area contributed by atoms with Crippen LogP contribution in [0.4, 0.5) is 17.1 Å². The summed E-state index contributed by atoms with van der Waals surface area (Å²) in [6.07, 6.45) is 13.5. The second kappa shape index (κ2) is 17.7. The zero-order valence-corrected chi connectivity index (χ0v) is 35.1. The monoisotopic (exact) mass is 821 g/mol. The fourth-order valence-electron chi connectivity index (χ4n) is 6.89. The molecule has 0 bridgehead atoms. The Morgan fingerprint density at radius 1 is 0.309 bits per heavy atom. The molecule has 0 amide bonds. The standard InChI is InChI=1S/C48H39NS6/c1-4-37(46-43(7-1)50-28-31-53-46)19-10-34-13-22-40(23-14-34)49(41-24-15-35(16-25-41)11-20-38-5-2-8-44-47(38)54-32-29-51-44)42-26-17-36(18-27-42)12-21-39-6-3-9-45-48(39)55-33-30-52-45/h1-27H,28-33H2/b19-10+,20-11+,21-12+. The van der Waals surface area contributed by atoms with E-state index < -0.39 is 0 Å². The Labute approximate surface area is 351 Å². The molecule has 0 aliphatic carbocycles. The lowest BCUT2D eigenvalue weighted by Crippen LogP contribution is -2.09. The largest absolute Gasteiger partial charge is 0.311 e. The maximum absolute atomic E-state index is 2.36. The van der Waals surface area contributed by atoms with Gasteiger partial charge in [0, 0.05) is 81.0 Å². The molecular formula is C48H39NS6. The Balaban J connectivity index is 0.993. The Kier molecular flexibility index (Phi) is 11.9. The maximum atomic E-state index is 2.36. The second-order valence-corrected chi connectivity index (χ2v) is 20.0. The fourth-order valence-corrected chi connectivity index (χ4v) is 14.0. The van der Waals surface area contributed by atoms with E-state index in [0.717, 1.165) is 17.1 Å². The van der Waals surface area contributed by atoms with Gasteiger partial charge < -0.3 is 4.90 Å². The van der Waals surface area contributed by atoms with Gasteiger partial charge in [-0.2, -0.15) is 0 Å². The van der Waals surface area contributed by atoms with E-state index in [9.17, 15) is 0 Å². The Morgan fingerprint density at radius 3 is 0.909 bits per heavy atom. The van der Waals surface area contributed by atoms with E-state index in [1.807, 2.05) is 70.6 Å². The van der Waals surface area contributed by atoms with Crippen LogP contribution in [0.1, 0.15) is 33.4 Å². The Morgan fingerprint density at radius 2 is 0.600 bits per heavy atom. The summed E-state index contributed by atoms with van der Waals surface area (Å²) in [5.74, 6) is 7.06. The minimum absolute atomic E-state index is 1.13. The van der Waals surface area contributed by atoms with Crippen molar-refractivity contribution in [3.63, 3.8) is 0 Å². The number of benzene rings is 6. The molecule has 0 unspecified atom stereocenters. The number of fused-ring (bicyclic) bond motifs is 3. The molecule has 0 atom stereocenters. The number of hydrogen-bond donors (Lipinski definition) is 0. The molecule has 0 aromatic heterocycles. The van der Waals surface area contributed by atoms with Crippen molar-refractivity contribution in [1.82, 2.24) is 0 Å². The smallest absolute Gasteiger partial charge is 0.0462 e. The normalized spacial score (nSPS) is 15.3. The highest BCUT2D eigenvalue weighted by Crippen LogP contribution is 2.42. The first kappa shape index (κ1) is 37.0. The summed E-state index contributed by atoms with van der Waals surface area (Å²) in [6.45, 7) is 0. The zero-order valence-electron chi connectivity index (χ0n) is 30.2. The molecule has 6 aromatic carbocycles. The summed E-state index contributed by atoms with van der Waals surface area (Å²) in [7, 11) is 0. The van der Waals surface area contributed by atoms with Crippen LogP contribution in [0.15, 0.2) is 157 Å². The molecule has 0 radical (unpaired) electrons. The molecule has 0 N–H and O–H groups in total. The van der Waals surface area contributed by atoms with Crippen molar-refractivity contribution in [2.45, 2.75) is 29.4 Å².